The van der Waals surface area contributed by atoms with E-state index in [9.17, 15) is 4.79 Å². The van der Waals surface area contributed by atoms with Gasteiger partial charge in [-0.15, -0.1) is 11.3 Å². The zero-order chi connectivity index (χ0) is 14.5. The Morgan fingerprint density at radius 3 is 2.75 bits per heavy atom. The molecule has 2 aromatic rings. The maximum atomic E-state index is 12.1. The number of nitrogens with zero attached hydrogens (tertiary/aromatic N) is 2. The summed E-state index contributed by atoms with van der Waals surface area (Å²) in [5.41, 5.74) is 1.55. The Morgan fingerprint density at radius 1 is 1.35 bits per heavy atom. The molecule has 4 nitrogen and oxygen atoms in total. The molecule has 0 unspecified atom stereocenters. The Kier molecular flexibility index (Phi) is 4.74. The van der Waals surface area contributed by atoms with Crippen LogP contribution in [0.1, 0.15) is 27.2 Å². The number of carbonyl (C=O) groups excluding carboxylic acids is 1. The fourth-order valence-electron chi connectivity index (χ4n) is 1.84. The fraction of sp³-hybridized carbons (Fsp3) is 0.333. The first-order chi connectivity index (χ1) is 9.61. The van der Waals surface area contributed by atoms with Gasteiger partial charge >= 0.3 is 0 Å². The van der Waals surface area contributed by atoms with Crippen LogP contribution < -0.4 is 5.32 Å². The number of anilines is 1. The van der Waals surface area contributed by atoms with Gasteiger partial charge in [-0.3, -0.25) is 4.79 Å². The highest BCUT2D eigenvalue weighted by atomic mass is 32.1. The van der Waals surface area contributed by atoms with Gasteiger partial charge in [0.05, 0.1) is 17.1 Å². The summed E-state index contributed by atoms with van der Waals surface area (Å²) in [6.45, 7) is 2.79. The molecule has 1 heterocycles. The number of para-hydroxylation sites is 1. The number of hydrogen-bond donors (Lipinski definition) is 1. The van der Waals surface area contributed by atoms with Crippen molar-refractivity contribution in [1.82, 2.24) is 9.88 Å². The van der Waals surface area contributed by atoms with E-state index in [1.54, 1.807) is 30.3 Å². The Bertz CT molecular complexity index is 592. The predicted molar refractivity (Wildman–Crippen MR) is 83.3 cm³/mol. The van der Waals surface area contributed by atoms with Gasteiger partial charge in [0.15, 0.2) is 0 Å². The first-order valence-electron chi connectivity index (χ1n) is 6.60. The highest BCUT2D eigenvalue weighted by Gasteiger charge is 2.12. The maximum Gasteiger partial charge on any atom is 0.255 e. The minimum absolute atomic E-state index is 0.00616. The van der Waals surface area contributed by atoms with E-state index in [1.807, 2.05) is 30.5 Å². The minimum Gasteiger partial charge on any atom is -0.379 e. The summed E-state index contributed by atoms with van der Waals surface area (Å²) in [7, 11) is 3.52. The van der Waals surface area contributed by atoms with E-state index in [4.69, 9.17) is 0 Å². The minimum atomic E-state index is 0.00616. The van der Waals surface area contributed by atoms with Crippen molar-refractivity contribution in [2.75, 3.05) is 19.4 Å². The molecule has 1 aromatic carbocycles. The Hall–Kier alpha value is -1.88. The van der Waals surface area contributed by atoms with Gasteiger partial charge in [-0.1, -0.05) is 19.1 Å². The predicted octanol–water partition coefficient (Wildman–Crippen LogP) is 3.02. The van der Waals surface area contributed by atoms with Crippen LogP contribution in [-0.4, -0.2) is 29.9 Å². The van der Waals surface area contributed by atoms with Crippen LogP contribution in [0.5, 0.6) is 0 Å². The van der Waals surface area contributed by atoms with Crippen LogP contribution in [0, 0.1) is 0 Å². The van der Waals surface area contributed by atoms with E-state index >= 15 is 0 Å². The summed E-state index contributed by atoms with van der Waals surface area (Å²) in [5, 5.41) is 4.46. The van der Waals surface area contributed by atoms with Crippen molar-refractivity contribution in [3.05, 3.63) is 45.9 Å². The standard InChI is InChI=1S/C15H19N3OS/c1-4-14-17-10-11(20-14)9-16-13-8-6-5-7-12(13)15(19)18(2)3/h5-8,10,16H,4,9H2,1-3H3. The number of rotatable bonds is 5. The van der Waals surface area contributed by atoms with E-state index in [0.29, 0.717) is 12.1 Å². The van der Waals surface area contributed by atoms with Gasteiger partial charge in [0, 0.05) is 30.9 Å². The van der Waals surface area contributed by atoms with Gasteiger partial charge in [0.2, 0.25) is 0 Å². The molecular formula is C15H19N3OS. The summed E-state index contributed by atoms with van der Waals surface area (Å²) in [5.74, 6) is 0.00616. The number of amides is 1. The van der Waals surface area contributed by atoms with Gasteiger partial charge in [0.25, 0.3) is 5.91 Å². The third-order valence-electron chi connectivity index (χ3n) is 2.92. The quantitative estimate of drug-likeness (QED) is 0.920. The average molecular weight is 289 g/mol. The molecular weight excluding hydrogens is 270 g/mol. The molecule has 0 aliphatic carbocycles. The molecule has 0 bridgehead atoms. The number of hydrogen-bond acceptors (Lipinski definition) is 4. The second-order valence-corrected chi connectivity index (χ2v) is 5.87. The topological polar surface area (TPSA) is 45.2 Å². The number of thiazole rings is 1. The average Bonchev–Trinajstić information content (AvgIpc) is 2.92. The summed E-state index contributed by atoms with van der Waals surface area (Å²) in [6.07, 6.45) is 2.85. The third-order valence-corrected chi connectivity index (χ3v) is 4.06. The van der Waals surface area contributed by atoms with Crippen molar-refractivity contribution in [2.45, 2.75) is 19.9 Å². The zero-order valence-electron chi connectivity index (χ0n) is 12.0. The van der Waals surface area contributed by atoms with Crippen molar-refractivity contribution in [2.24, 2.45) is 0 Å². The van der Waals surface area contributed by atoms with Crippen molar-refractivity contribution >= 4 is 22.9 Å². The second-order valence-electron chi connectivity index (χ2n) is 4.67. The molecule has 0 saturated heterocycles. The summed E-state index contributed by atoms with van der Waals surface area (Å²) >= 11 is 1.70. The number of aromatic nitrogens is 1. The molecule has 0 aliphatic heterocycles. The van der Waals surface area contributed by atoms with Gasteiger partial charge < -0.3 is 10.2 Å². The van der Waals surface area contributed by atoms with Crippen molar-refractivity contribution < 1.29 is 4.79 Å². The molecule has 0 atom stereocenters. The smallest absolute Gasteiger partial charge is 0.255 e. The number of aryl methyl sites for hydroxylation is 1. The molecule has 2 rings (SSSR count). The molecule has 106 valence electrons. The lowest BCUT2D eigenvalue weighted by molar-refractivity contribution is 0.0828. The summed E-state index contributed by atoms with van der Waals surface area (Å²) in [4.78, 5) is 19.2. The first-order valence-corrected chi connectivity index (χ1v) is 7.41. The van der Waals surface area contributed by atoms with Gasteiger partial charge in [-0.2, -0.15) is 0 Å². The van der Waals surface area contributed by atoms with E-state index in [1.165, 1.54) is 4.88 Å². The second kappa shape index (κ2) is 6.52. The molecule has 1 amide bonds. The Labute approximate surface area is 123 Å². The highest BCUT2D eigenvalue weighted by Crippen LogP contribution is 2.19. The van der Waals surface area contributed by atoms with Crippen LogP contribution in [0.25, 0.3) is 0 Å². The van der Waals surface area contributed by atoms with E-state index in [0.717, 1.165) is 17.1 Å². The molecule has 0 fully saturated rings. The Balaban J connectivity index is 2.11. The van der Waals surface area contributed by atoms with Crippen LogP contribution in [0.3, 0.4) is 0 Å². The van der Waals surface area contributed by atoms with Crippen LogP contribution >= 0.6 is 11.3 Å². The molecule has 20 heavy (non-hydrogen) atoms. The molecule has 1 aromatic heterocycles. The number of carbonyl (C=O) groups is 1. The molecule has 5 heteroatoms. The summed E-state index contributed by atoms with van der Waals surface area (Å²) in [6, 6.07) is 7.58. The van der Waals surface area contributed by atoms with Crippen molar-refractivity contribution in [3.8, 4) is 0 Å². The third kappa shape index (κ3) is 3.36. The largest absolute Gasteiger partial charge is 0.379 e. The van der Waals surface area contributed by atoms with Crippen molar-refractivity contribution in [1.29, 1.82) is 0 Å². The molecule has 0 saturated carbocycles. The first kappa shape index (κ1) is 14.5. The van der Waals surface area contributed by atoms with E-state index < -0.39 is 0 Å². The monoisotopic (exact) mass is 289 g/mol. The Morgan fingerprint density at radius 2 is 2.10 bits per heavy atom. The van der Waals surface area contributed by atoms with Gasteiger partial charge in [-0.05, 0) is 18.6 Å². The van der Waals surface area contributed by atoms with Crippen LogP contribution in [0.4, 0.5) is 5.69 Å². The zero-order valence-corrected chi connectivity index (χ0v) is 12.8. The van der Waals surface area contributed by atoms with Gasteiger partial charge in [0.1, 0.15) is 0 Å². The van der Waals surface area contributed by atoms with E-state index in [2.05, 4.69) is 17.2 Å². The molecule has 0 radical (unpaired) electrons. The van der Waals surface area contributed by atoms with Crippen LogP contribution in [-0.2, 0) is 13.0 Å². The lowest BCUT2D eigenvalue weighted by atomic mass is 10.1. The fourth-order valence-corrected chi connectivity index (χ4v) is 2.64. The lowest BCUT2D eigenvalue weighted by Gasteiger charge is -2.14. The normalized spacial score (nSPS) is 10.3. The molecule has 1 N–H and O–H groups in total. The molecule has 0 spiro atoms. The van der Waals surface area contributed by atoms with Crippen LogP contribution in [0.2, 0.25) is 0 Å². The molecule has 0 aliphatic rings. The summed E-state index contributed by atoms with van der Waals surface area (Å²) < 4.78 is 0. The number of benzene rings is 1. The number of nitrogens with one attached hydrogen (secondary N) is 1. The maximum absolute atomic E-state index is 12.1. The van der Waals surface area contributed by atoms with Crippen LogP contribution in [0.15, 0.2) is 30.5 Å². The highest BCUT2D eigenvalue weighted by molar-refractivity contribution is 7.11. The van der Waals surface area contributed by atoms with Gasteiger partial charge in [-0.25, -0.2) is 4.98 Å². The van der Waals surface area contributed by atoms with E-state index in [-0.39, 0.29) is 5.91 Å². The SMILES string of the molecule is CCc1ncc(CNc2ccccc2C(=O)N(C)C)s1. The lowest BCUT2D eigenvalue weighted by Crippen LogP contribution is -2.22. The van der Waals surface area contributed by atoms with Crippen molar-refractivity contribution in [3.63, 3.8) is 0 Å².